The molecule has 0 saturated heterocycles. The number of halogens is 2. The Morgan fingerprint density at radius 1 is 1.30 bits per heavy atom. The first kappa shape index (κ1) is 14.1. The van der Waals surface area contributed by atoms with Gasteiger partial charge in [-0.1, -0.05) is 23.7 Å². The van der Waals surface area contributed by atoms with Gasteiger partial charge in [0.1, 0.15) is 12.4 Å². The molecule has 0 unspecified atom stereocenters. The van der Waals surface area contributed by atoms with E-state index in [4.69, 9.17) is 27.8 Å². The van der Waals surface area contributed by atoms with Crippen LogP contribution >= 0.6 is 11.6 Å². The third-order valence-electron chi connectivity index (χ3n) is 2.71. The first-order chi connectivity index (χ1) is 9.49. The number of amides is 1. The van der Waals surface area contributed by atoms with Crippen molar-refractivity contribution in [2.24, 2.45) is 5.73 Å². The predicted octanol–water partition coefficient (Wildman–Crippen LogP) is 2.74. The van der Waals surface area contributed by atoms with Gasteiger partial charge in [0.05, 0.1) is 10.7 Å². The topological polar surface area (TPSA) is 78.3 Å². The van der Waals surface area contributed by atoms with E-state index in [1.807, 2.05) is 0 Å². The number of carbonyl (C=O) groups is 1. The summed E-state index contributed by atoms with van der Waals surface area (Å²) in [7, 11) is 0. The molecule has 6 heteroatoms. The Labute approximate surface area is 120 Å². The molecule has 0 heterocycles. The SMILES string of the molecule is NC(=O)c1ccc(COc2c(N)cccc2Cl)c(F)c1. The third-order valence-corrected chi connectivity index (χ3v) is 3.00. The lowest BCUT2D eigenvalue weighted by Crippen LogP contribution is -2.12. The molecule has 4 N–H and O–H groups in total. The van der Waals surface area contributed by atoms with Gasteiger partial charge in [-0.3, -0.25) is 4.79 Å². The molecule has 2 aromatic rings. The molecule has 104 valence electrons. The zero-order valence-electron chi connectivity index (χ0n) is 10.4. The number of para-hydroxylation sites is 1. The minimum absolute atomic E-state index is 0.0567. The number of anilines is 1. The molecule has 0 aliphatic rings. The number of rotatable bonds is 4. The quantitative estimate of drug-likeness (QED) is 0.851. The Balaban J connectivity index is 2.17. The second-order valence-corrected chi connectivity index (χ2v) is 4.52. The van der Waals surface area contributed by atoms with E-state index < -0.39 is 11.7 Å². The molecule has 0 aromatic heterocycles. The number of benzene rings is 2. The molecule has 2 aromatic carbocycles. The molecule has 0 aliphatic carbocycles. The fraction of sp³-hybridized carbons (Fsp3) is 0.0714. The van der Waals surface area contributed by atoms with Crippen LogP contribution in [-0.2, 0) is 6.61 Å². The van der Waals surface area contributed by atoms with Crippen molar-refractivity contribution in [3.63, 3.8) is 0 Å². The van der Waals surface area contributed by atoms with Gasteiger partial charge in [0.15, 0.2) is 5.75 Å². The Morgan fingerprint density at radius 2 is 2.05 bits per heavy atom. The van der Waals surface area contributed by atoms with Crippen molar-refractivity contribution in [2.75, 3.05) is 5.73 Å². The van der Waals surface area contributed by atoms with E-state index >= 15 is 0 Å². The highest BCUT2D eigenvalue weighted by Crippen LogP contribution is 2.31. The molecule has 4 nitrogen and oxygen atoms in total. The van der Waals surface area contributed by atoms with Crippen LogP contribution in [0.5, 0.6) is 5.75 Å². The van der Waals surface area contributed by atoms with Gasteiger partial charge in [0, 0.05) is 11.1 Å². The van der Waals surface area contributed by atoms with Crippen LogP contribution in [0, 0.1) is 5.82 Å². The number of carbonyl (C=O) groups excluding carboxylic acids is 1. The molecule has 0 aliphatic heterocycles. The first-order valence-corrected chi connectivity index (χ1v) is 6.12. The van der Waals surface area contributed by atoms with Crippen molar-refractivity contribution < 1.29 is 13.9 Å². The van der Waals surface area contributed by atoms with Crippen LogP contribution in [0.4, 0.5) is 10.1 Å². The summed E-state index contributed by atoms with van der Waals surface area (Å²) in [6.45, 7) is -0.0567. The number of ether oxygens (including phenoxy) is 1. The van der Waals surface area contributed by atoms with Crippen molar-refractivity contribution in [3.05, 3.63) is 58.4 Å². The molecule has 0 bridgehead atoms. The van der Waals surface area contributed by atoms with Crippen molar-refractivity contribution in [3.8, 4) is 5.75 Å². The van der Waals surface area contributed by atoms with Gasteiger partial charge in [0.2, 0.25) is 5.91 Å². The lowest BCUT2D eigenvalue weighted by atomic mass is 10.1. The summed E-state index contributed by atoms with van der Waals surface area (Å²) in [5.41, 5.74) is 11.5. The number of hydrogen-bond donors (Lipinski definition) is 2. The highest BCUT2D eigenvalue weighted by atomic mass is 35.5. The fourth-order valence-corrected chi connectivity index (χ4v) is 1.88. The van der Waals surface area contributed by atoms with E-state index in [-0.39, 0.29) is 17.7 Å². The Bertz CT molecular complexity index is 641. The molecule has 0 fully saturated rings. The zero-order valence-corrected chi connectivity index (χ0v) is 11.2. The van der Waals surface area contributed by atoms with E-state index in [9.17, 15) is 9.18 Å². The normalized spacial score (nSPS) is 10.3. The average Bonchev–Trinajstić information content (AvgIpc) is 2.39. The Hall–Kier alpha value is -2.27. The molecule has 0 radical (unpaired) electrons. The van der Waals surface area contributed by atoms with E-state index in [1.54, 1.807) is 18.2 Å². The predicted molar refractivity (Wildman–Crippen MR) is 75.1 cm³/mol. The summed E-state index contributed by atoms with van der Waals surface area (Å²) in [4.78, 5) is 10.9. The van der Waals surface area contributed by atoms with Gasteiger partial charge < -0.3 is 16.2 Å². The van der Waals surface area contributed by atoms with Crippen molar-refractivity contribution in [1.29, 1.82) is 0 Å². The van der Waals surface area contributed by atoms with Gasteiger partial charge >= 0.3 is 0 Å². The summed E-state index contributed by atoms with van der Waals surface area (Å²) < 4.78 is 19.2. The van der Waals surface area contributed by atoms with E-state index in [0.717, 1.165) is 6.07 Å². The number of nitrogen functional groups attached to an aromatic ring is 1. The Morgan fingerprint density at radius 3 is 2.65 bits per heavy atom. The molecule has 0 atom stereocenters. The van der Waals surface area contributed by atoms with Gasteiger partial charge in [-0.2, -0.15) is 0 Å². The van der Waals surface area contributed by atoms with Gasteiger partial charge in [-0.15, -0.1) is 0 Å². The van der Waals surface area contributed by atoms with Crippen LogP contribution in [0.25, 0.3) is 0 Å². The highest BCUT2D eigenvalue weighted by Gasteiger charge is 2.10. The molecule has 0 saturated carbocycles. The van der Waals surface area contributed by atoms with Gasteiger partial charge in [-0.05, 0) is 24.3 Å². The van der Waals surface area contributed by atoms with E-state index in [2.05, 4.69) is 0 Å². The monoisotopic (exact) mass is 294 g/mol. The maximum absolute atomic E-state index is 13.8. The van der Waals surface area contributed by atoms with Crippen LogP contribution in [0.3, 0.4) is 0 Å². The third kappa shape index (κ3) is 3.00. The summed E-state index contributed by atoms with van der Waals surface area (Å²) in [5, 5.41) is 0.346. The van der Waals surface area contributed by atoms with Crippen LogP contribution in [0.1, 0.15) is 15.9 Å². The zero-order chi connectivity index (χ0) is 14.7. The van der Waals surface area contributed by atoms with Crippen LogP contribution in [0.2, 0.25) is 5.02 Å². The van der Waals surface area contributed by atoms with Crippen LogP contribution in [0.15, 0.2) is 36.4 Å². The summed E-state index contributed by atoms with van der Waals surface area (Å²) in [6.07, 6.45) is 0. The standard InChI is InChI=1S/C14H12ClFN2O2/c15-10-2-1-3-12(17)13(10)20-7-9-5-4-8(14(18)19)6-11(9)16/h1-6H,7,17H2,(H2,18,19). The highest BCUT2D eigenvalue weighted by molar-refractivity contribution is 6.32. The molecule has 2 rings (SSSR count). The Kier molecular flexibility index (Phi) is 4.10. The molecular weight excluding hydrogens is 283 g/mol. The fourth-order valence-electron chi connectivity index (χ4n) is 1.65. The van der Waals surface area contributed by atoms with Crippen molar-refractivity contribution >= 4 is 23.2 Å². The summed E-state index contributed by atoms with van der Waals surface area (Å²) in [5.74, 6) is -0.966. The van der Waals surface area contributed by atoms with Crippen molar-refractivity contribution in [2.45, 2.75) is 6.61 Å². The van der Waals surface area contributed by atoms with E-state index in [0.29, 0.717) is 16.5 Å². The minimum Gasteiger partial charge on any atom is -0.485 e. The smallest absolute Gasteiger partial charge is 0.248 e. The number of primary amides is 1. The molecular formula is C14H12ClFN2O2. The van der Waals surface area contributed by atoms with Crippen molar-refractivity contribution in [1.82, 2.24) is 0 Å². The number of hydrogen-bond acceptors (Lipinski definition) is 3. The van der Waals surface area contributed by atoms with Crippen LogP contribution < -0.4 is 16.2 Å². The summed E-state index contributed by atoms with van der Waals surface area (Å²) in [6, 6.07) is 8.87. The van der Waals surface area contributed by atoms with E-state index in [1.165, 1.54) is 12.1 Å². The van der Waals surface area contributed by atoms with Crippen LogP contribution in [-0.4, -0.2) is 5.91 Å². The minimum atomic E-state index is -0.688. The first-order valence-electron chi connectivity index (χ1n) is 5.74. The summed E-state index contributed by atoms with van der Waals surface area (Å²) >= 11 is 5.94. The lowest BCUT2D eigenvalue weighted by molar-refractivity contribution is 0.0999. The molecule has 1 amide bonds. The molecule has 0 spiro atoms. The number of nitrogens with two attached hydrogens (primary N) is 2. The maximum atomic E-state index is 13.8. The van der Waals surface area contributed by atoms with Gasteiger partial charge in [-0.25, -0.2) is 4.39 Å². The second-order valence-electron chi connectivity index (χ2n) is 4.12. The maximum Gasteiger partial charge on any atom is 0.248 e. The average molecular weight is 295 g/mol. The largest absolute Gasteiger partial charge is 0.485 e. The second kappa shape index (κ2) is 5.79. The van der Waals surface area contributed by atoms with Gasteiger partial charge in [0.25, 0.3) is 0 Å². The molecule has 20 heavy (non-hydrogen) atoms. The lowest BCUT2D eigenvalue weighted by Gasteiger charge is -2.11.